The maximum Gasteiger partial charge on any atom is 0.303 e. The van der Waals surface area contributed by atoms with Crippen LogP contribution in [0.2, 0.25) is 0 Å². The van der Waals surface area contributed by atoms with Crippen LogP contribution in [0.4, 0.5) is 0 Å². The van der Waals surface area contributed by atoms with Gasteiger partial charge in [0.2, 0.25) is 0 Å². The summed E-state index contributed by atoms with van der Waals surface area (Å²) in [6.07, 6.45) is 19.7. The van der Waals surface area contributed by atoms with E-state index in [1.165, 1.54) is 0 Å². The van der Waals surface area contributed by atoms with Crippen LogP contribution in [0.3, 0.4) is 0 Å². The molecule has 0 radical (unpaired) electrons. The molecule has 0 heterocycles. The molecule has 0 amide bonds. The van der Waals surface area contributed by atoms with Crippen molar-refractivity contribution in [2.24, 2.45) is 0 Å². The van der Waals surface area contributed by atoms with Crippen molar-refractivity contribution in [1.29, 1.82) is 0 Å². The first-order chi connectivity index (χ1) is 11.6. The van der Waals surface area contributed by atoms with Gasteiger partial charge in [-0.15, -0.1) is 0 Å². The lowest BCUT2D eigenvalue weighted by Gasteiger charge is -2.14. The smallest absolute Gasteiger partial charge is 0.303 e. The molecule has 4 nitrogen and oxygen atoms in total. The van der Waals surface area contributed by atoms with E-state index in [2.05, 4.69) is 6.08 Å². The monoisotopic (exact) mass is 336 g/mol. The Morgan fingerprint density at radius 3 is 1.88 bits per heavy atom. The van der Waals surface area contributed by atoms with Crippen LogP contribution >= 0.6 is 0 Å². The lowest BCUT2D eigenvalue weighted by Crippen LogP contribution is -2.24. The molecular formula is C20H32O4. The molecule has 0 aromatic rings. The Labute approximate surface area is 145 Å². The Hall–Kier alpha value is -1.65. The minimum atomic E-state index is -0.745. The molecule has 0 rings (SSSR count). The van der Waals surface area contributed by atoms with Crippen LogP contribution in [-0.2, 0) is 4.79 Å². The van der Waals surface area contributed by atoms with E-state index < -0.39 is 18.2 Å². The summed E-state index contributed by atoms with van der Waals surface area (Å²) in [5, 5.41) is 28.0. The molecule has 3 N–H and O–H groups in total. The molecule has 4 heteroatoms. The molecule has 0 fully saturated rings. The number of carbonyl (C=O) groups is 1. The van der Waals surface area contributed by atoms with Gasteiger partial charge in [0.15, 0.2) is 0 Å². The van der Waals surface area contributed by atoms with Crippen molar-refractivity contribution < 1.29 is 20.1 Å². The molecule has 0 aromatic heterocycles. The zero-order valence-electron chi connectivity index (χ0n) is 14.7. The number of carboxylic acids is 1. The maximum atomic E-state index is 10.3. The largest absolute Gasteiger partial charge is 0.481 e. The van der Waals surface area contributed by atoms with E-state index in [1.54, 1.807) is 0 Å². The van der Waals surface area contributed by atoms with Crippen LogP contribution in [0.15, 0.2) is 48.6 Å². The van der Waals surface area contributed by atoms with E-state index in [0.717, 1.165) is 25.7 Å². The summed E-state index contributed by atoms with van der Waals surface area (Å²) in [5.74, 6) is -0.745. The van der Waals surface area contributed by atoms with Gasteiger partial charge in [-0.1, -0.05) is 55.5 Å². The molecule has 0 aliphatic rings. The van der Waals surface area contributed by atoms with Crippen molar-refractivity contribution in [3.05, 3.63) is 48.6 Å². The fourth-order valence-electron chi connectivity index (χ4n) is 1.98. The molecule has 0 spiro atoms. The van der Waals surface area contributed by atoms with Crippen LogP contribution < -0.4 is 0 Å². The summed E-state index contributed by atoms with van der Waals surface area (Å²) < 4.78 is 0. The highest BCUT2D eigenvalue weighted by Gasteiger charge is 2.12. The van der Waals surface area contributed by atoms with Gasteiger partial charge >= 0.3 is 5.97 Å². The lowest BCUT2D eigenvalue weighted by molar-refractivity contribution is -0.137. The Morgan fingerprint density at radius 1 is 0.833 bits per heavy atom. The zero-order chi connectivity index (χ0) is 18.0. The van der Waals surface area contributed by atoms with E-state index >= 15 is 0 Å². The Bertz CT molecular complexity index is 421. The van der Waals surface area contributed by atoms with Gasteiger partial charge in [-0.25, -0.2) is 0 Å². The fraction of sp³-hybridized carbons (Fsp3) is 0.550. The van der Waals surface area contributed by atoms with Gasteiger partial charge in [0.25, 0.3) is 0 Å². The first-order valence-corrected chi connectivity index (χ1v) is 8.75. The third-order valence-corrected chi connectivity index (χ3v) is 3.41. The molecule has 0 saturated heterocycles. The van der Waals surface area contributed by atoms with Crippen molar-refractivity contribution >= 4 is 5.97 Å². The predicted octanol–water partition coefficient (Wildman–Crippen LogP) is 4.16. The summed E-state index contributed by atoms with van der Waals surface area (Å²) in [6.45, 7) is 2.03. The summed E-state index contributed by atoms with van der Waals surface area (Å²) >= 11 is 0. The number of aliphatic carboxylic acids is 1. The number of aliphatic hydroxyl groups is 2. The third kappa shape index (κ3) is 15.3. The van der Waals surface area contributed by atoms with Gasteiger partial charge in [-0.05, 0) is 44.9 Å². The second-order valence-electron chi connectivity index (χ2n) is 5.66. The first-order valence-electron chi connectivity index (χ1n) is 8.75. The average Bonchev–Trinajstić information content (AvgIpc) is 2.55. The van der Waals surface area contributed by atoms with E-state index in [0.29, 0.717) is 19.3 Å². The molecule has 0 aliphatic heterocycles. The normalized spacial score (nSPS) is 15.1. The van der Waals surface area contributed by atoms with E-state index in [9.17, 15) is 15.0 Å². The van der Waals surface area contributed by atoms with Gasteiger partial charge in [0, 0.05) is 6.42 Å². The third-order valence-electron chi connectivity index (χ3n) is 3.41. The highest BCUT2D eigenvalue weighted by atomic mass is 16.4. The summed E-state index contributed by atoms with van der Waals surface area (Å²) in [6, 6.07) is 0. The van der Waals surface area contributed by atoms with Crippen molar-refractivity contribution in [2.75, 3.05) is 0 Å². The molecule has 2 atom stereocenters. The molecule has 0 unspecified atom stereocenters. The first kappa shape index (κ1) is 22.4. The molecule has 0 bridgehead atoms. The number of hydrogen-bond acceptors (Lipinski definition) is 3. The van der Waals surface area contributed by atoms with Crippen molar-refractivity contribution in [3.63, 3.8) is 0 Å². The molecular weight excluding hydrogens is 304 g/mol. The average molecular weight is 336 g/mol. The quantitative estimate of drug-likeness (QED) is 0.329. The number of hydrogen-bond donors (Lipinski definition) is 3. The van der Waals surface area contributed by atoms with Crippen LogP contribution in [0, 0.1) is 0 Å². The van der Waals surface area contributed by atoms with E-state index in [1.807, 2.05) is 49.5 Å². The SMILES string of the molecule is CC/C=C\C[C@@H](O)[C@@H](O)C/C=C\C/C=C\C/C=C\CCCC(=O)O. The second kappa shape index (κ2) is 16.2. The van der Waals surface area contributed by atoms with Crippen LogP contribution in [-0.4, -0.2) is 33.5 Å². The minimum absolute atomic E-state index is 0.223. The number of rotatable bonds is 14. The summed E-state index contributed by atoms with van der Waals surface area (Å²) in [7, 11) is 0. The number of unbranched alkanes of at least 4 members (excludes halogenated alkanes) is 1. The lowest BCUT2D eigenvalue weighted by atomic mass is 10.1. The van der Waals surface area contributed by atoms with Gasteiger partial charge < -0.3 is 15.3 Å². The maximum absolute atomic E-state index is 10.3. The van der Waals surface area contributed by atoms with Crippen LogP contribution in [0.5, 0.6) is 0 Å². The van der Waals surface area contributed by atoms with Gasteiger partial charge in [0.05, 0.1) is 12.2 Å². The topological polar surface area (TPSA) is 77.8 Å². The van der Waals surface area contributed by atoms with Crippen molar-refractivity contribution in [1.82, 2.24) is 0 Å². The Kier molecular flexibility index (Phi) is 15.1. The van der Waals surface area contributed by atoms with Crippen molar-refractivity contribution in [3.8, 4) is 0 Å². The predicted molar refractivity (Wildman–Crippen MR) is 98.8 cm³/mol. The molecule has 24 heavy (non-hydrogen) atoms. The molecule has 0 aromatic carbocycles. The number of aliphatic hydroxyl groups excluding tert-OH is 2. The van der Waals surface area contributed by atoms with Gasteiger partial charge in [0.1, 0.15) is 0 Å². The zero-order valence-corrected chi connectivity index (χ0v) is 14.7. The fourth-order valence-corrected chi connectivity index (χ4v) is 1.98. The molecule has 136 valence electrons. The minimum Gasteiger partial charge on any atom is -0.481 e. The standard InChI is InChI=1S/C20H32O4/c1-2-3-12-15-18(21)19(22)16-13-10-8-6-4-5-7-9-11-14-17-20(23)24/h3-4,6-7,9-10,12-13,18-19,21-22H,2,5,8,11,14-17H2,1H3,(H,23,24)/b6-4-,9-7-,12-3-,13-10-/t18-,19+/m1/s1. The number of carboxylic acid groups (broad SMARTS) is 1. The van der Waals surface area contributed by atoms with E-state index in [-0.39, 0.29) is 6.42 Å². The van der Waals surface area contributed by atoms with Crippen LogP contribution in [0.25, 0.3) is 0 Å². The van der Waals surface area contributed by atoms with Crippen molar-refractivity contribution in [2.45, 2.75) is 70.5 Å². The second-order valence-corrected chi connectivity index (χ2v) is 5.66. The summed E-state index contributed by atoms with van der Waals surface area (Å²) in [5.41, 5.74) is 0. The van der Waals surface area contributed by atoms with Gasteiger partial charge in [-0.2, -0.15) is 0 Å². The molecule has 0 aliphatic carbocycles. The highest BCUT2D eigenvalue weighted by molar-refractivity contribution is 5.66. The highest BCUT2D eigenvalue weighted by Crippen LogP contribution is 2.06. The van der Waals surface area contributed by atoms with Gasteiger partial charge in [-0.3, -0.25) is 4.79 Å². The Morgan fingerprint density at radius 2 is 1.33 bits per heavy atom. The van der Waals surface area contributed by atoms with Crippen LogP contribution in [0.1, 0.15) is 58.3 Å². The van der Waals surface area contributed by atoms with E-state index in [4.69, 9.17) is 5.11 Å². The number of allylic oxidation sites excluding steroid dienone is 6. The Balaban J connectivity index is 3.68. The summed E-state index contributed by atoms with van der Waals surface area (Å²) in [4.78, 5) is 10.3. The molecule has 0 saturated carbocycles.